The summed E-state index contributed by atoms with van der Waals surface area (Å²) in [6, 6.07) is 5.79. The van der Waals surface area contributed by atoms with Gasteiger partial charge >= 0.3 is 11.9 Å². The Kier molecular flexibility index (Phi) is 4.40. The van der Waals surface area contributed by atoms with Crippen molar-refractivity contribution in [1.29, 1.82) is 0 Å². The van der Waals surface area contributed by atoms with Gasteiger partial charge in [0.05, 0.1) is 12.0 Å². The van der Waals surface area contributed by atoms with Crippen molar-refractivity contribution in [2.45, 2.75) is 84.7 Å². The highest BCUT2D eigenvalue weighted by molar-refractivity contribution is 5.78. The van der Waals surface area contributed by atoms with Crippen LogP contribution in [-0.4, -0.2) is 24.1 Å². The van der Waals surface area contributed by atoms with Crippen molar-refractivity contribution in [3.05, 3.63) is 23.8 Å². The first-order valence-electron chi connectivity index (χ1n) is 12.8. The smallest absolute Gasteiger partial charge is 0.312 e. The Hall–Kier alpha value is -2.04. The largest absolute Gasteiger partial charge is 0.487 e. The lowest BCUT2D eigenvalue weighted by Crippen LogP contribution is -2.69. The van der Waals surface area contributed by atoms with Crippen LogP contribution in [0, 0.1) is 34.0 Å². The lowest BCUT2D eigenvalue weighted by atomic mass is 9.36. The maximum absolute atomic E-state index is 12.9. The summed E-state index contributed by atoms with van der Waals surface area (Å²) in [4.78, 5) is 24.4. The number of cyclic esters (lactones) is 1. The van der Waals surface area contributed by atoms with E-state index in [0.29, 0.717) is 30.1 Å². The predicted molar refractivity (Wildman–Crippen MR) is 123 cm³/mol. The molecule has 0 spiro atoms. The molecule has 0 aromatic heterocycles. The molecular formula is C28H36O5. The Morgan fingerprint density at radius 3 is 2.61 bits per heavy atom. The van der Waals surface area contributed by atoms with Crippen LogP contribution in [0.3, 0.4) is 0 Å². The molecule has 0 N–H and O–H groups in total. The van der Waals surface area contributed by atoms with E-state index in [1.165, 1.54) is 13.3 Å². The first kappa shape index (κ1) is 21.5. The fourth-order valence-electron chi connectivity index (χ4n) is 9.38. The summed E-state index contributed by atoms with van der Waals surface area (Å²) in [6.45, 7) is 9.02. The van der Waals surface area contributed by atoms with Gasteiger partial charge in [0, 0.05) is 18.3 Å². The van der Waals surface area contributed by atoms with Crippen molar-refractivity contribution in [2.75, 3.05) is 6.61 Å². The van der Waals surface area contributed by atoms with Gasteiger partial charge in [-0.25, -0.2) is 0 Å². The maximum atomic E-state index is 12.9. The van der Waals surface area contributed by atoms with Crippen LogP contribution in [0.25, 0.3) is 0 Å². The summed E-state index contributed by atoms with van der Waals surface area (Å²) in [5.41, 5.74) is 0.859. The molecule has 0 amide bonds. The molecule has 5 nitrogen and oxygen atoms in total. The molecule has 178 valence electrons. The van der Waals surface area contributed by atoms with Crippen molar-refractivity contribution < 1.29 is 23.8 Å². The van der Waals surface area contributed by atoms with Crippen LogP contribution in [-0.2, 0) is 20.7 Å². The number of ether oxygens (including phenoxy) is 3. The summed E-state index contributed by atoms with van der Waals surface area (Å²) < 4.78 is 18.1. The molecular weight excluding hydrogens is 416 g/mol. The maximum Gasteiger partial charge on any atom is 0.312 e. The molecule has 3 saturated carbocycles. The minimum absolute atomic E-state index is 0.0417. The highest BCUT2D eigenvalue weighted by atomic mass is 16.5. The predicted octanol–water partition coefficient (Wildman–Crippen LogP) is 5.48. The molecule has 5 heteroatoms. The van der Waals surface area contributed by atoms with E-state index in [1.54, 1.807) is 0 Å². The molecule has 33 heavy (non-hydrogen) atoms. The molecule has 1 saturated heterocycles. The molecule has 4 fully saturated rings. The van der Waals surface area contributed by atoms with Gasteiger partial charge in [0.15, 0.2) is 0 Å². The lowest BCUT2D eigenvalue weighted by Gasteiger charge is -2.70. The standard InChI is InChI=1S/C28H36O5/c1-17(29)32-19-6-7-20-18(14-19)15-23-25(2)12-8-22-26(3)10-5-11-28(22,16-31-24(26)30)21(25)9-13-27(23,4)33-20/h6-7,14,21-23H,5,8-13,15-16H2,1-4H3/t21?,22?,23?,25-,26?,27+,28+/m1/s1. The summed E-state index contributed by atoms with van der Waals surface area (Å²) in [5, 5.41) is 0. The van der Waals surface area contributed by atoms with E-state index in [2.05, 4.69) is 20.8 Å². The molecule has 1 aromatic rings. The van der Waals surface area contributed by atoms with Crippen LogP contribution in [0.2, 0.25) is 0 Å². The van der Waals surface area contributed by atoms with Crippen LogP contribution < -0.4 is 9.47 Å². The average molecular weight is 453 g/mol. The fourth-order valence-corrected chi connectivity index (χ4v) is 9.38. The zero-order chi connectivity index (χ0) is 23.2. The minimum atomic E-state index is -0.312. The topological polar surface area (TPSA) is 61.8 Å². The SMILES string of the molecule is CC(=O)Oc1ccc2c(c1)CC1[C@]3(C)CCC4C5(C)CCC[C@]4(COC5=O)C3CC[C@]1(C)O2. The van der Waals surface area contributed by atoms with Gasteiger partial charge in [-0.05, 0) is 99.8 Å². The number of carbonyl (C=O) groups excluding carboxylic acids is 2. The molecule has 2 bridgehead atoms. The summed E-state index contributed by atoms with van der Waals surface area (Å²) in [6.07, 6.45) is 8.61. The Labute approximate surface area is 196 Å². The number of hydrogen-bond acceptors (Lipinski definition) is 5. The van der Waals surface area contributed by atoms with Gasteiger partial charge in [0.25, 0.3) is 0 Å². The van der Waals surface area contributed by atoms with E-state index < -0.39 is 0 Å². The van der Waals surface area contributed by atoms with Crippen molar-refractivity contribution in [3.8, 4) is 11.5 Å². The minimum Gasteiger partial charge on any atom is -0.487 e. The quantitative estimate of drug-likeness (QED) is 0.417. The molecule has 2 aliphatic heterocycles. The first-order chi connectivity index (χ1) is 15.6. The van der Waals surface area contributed by atoms with E-state index in [9.17, 15) is 9.59 Å². The zero-order valence-electron chi connectivity index (χ0n) is 20.4. The third-order valence-corrected chi connectivity index (χ3v) is 10.7. The second kappa shape index (κ2) is 6.76. The lowest BCUT2D eigenvalue weighted by molar-refractivity contribution is -0.255. The van der Waals surface area contributed by atoms with Crippen LogP contribution >= 0.6 is 0 Å². The van der Waals surface area contributed by atoms with Gasteiger partial charge in [0.2, 0.25) is 0 Å². The van der Waals surface area contributed by atoms with Gasteiger partial charge in [-0.15, -0.1) is 0 Å². The van der Waals surface area contributed by atoms with E-state index in [4.69, 9.17) is 14.2 Å². The molecule has 3 aliphatic carbocycles. The fraction of sp³-hybridized carbons (Fsp3) is 0.714. The summed E-state index contributed by atoms with van der Waals surface area (Å²) in [5.74, 6) is 2.62. The van der Waals surface area contributed by atoms with Crippen LogP contribution in [0.15, 0.2) is 18.2 Å². The van der Waals surface area contributed by atoms with Crippen molar-refractivity contribution in [2.24, 2.45) is 34.0 Å². The number of esters is 2. The first-order valence-corrected chi connectivity index (χ1v) is 12.8. The summed E-state index contributed by atoms with van der Waals surface area (Å²) >= 11 is 0. The molecule has 0 radical (unpaired) electrons. The van der Waals surface area contributed by atoms with Gasteiger partial charge < -0.3 is 14.2 Å². The van der Waals surface area contributed by atoms with Gasteiger partial charge in [-0.1, -0.05) is 13.3 Å². The average Bonchev–Trinajstić information content (AvgIpc) is 2.75. The molecule has 2 heterocycles. The molecule has 5 aliphatic rings. The van der Waals surface area contributed by atoms with E-state index in [1.807, 2.05) is 18.2 Å². The monoisotopic (exact) mass is 452 g/mol. The van der Waals surface area contributed by atoms with Crippen LogP contribution in [0.1, 0.15) is 78.2 Å². The van der Waals surface area contributed by atoms with Gasteiger partial charge in [-0.3, -0.25) is 9.59 Å². The Morgan fingerprint density at radius 1 is 1.03 bits per heavy atom. The second-order valence-electron chi connectivity index (χ2n) is 12.3. The highest BCUT2D eigenvalue weighted by Crippen LogP contribution is 2.72. The van der Waals surface area contributed by atoms with Crippen molar-refractivity contribution >= 4 is 11.9 Å². The number of fused-ring (bicyclic) bond motifs is 4. The third-order valence-electron chi connectivity index (χ3n) is 10.7. The number of hydrogen-bond donors (Lipinski definition) is 0. The highest BCUT2D eigenvalue weighted by Gasteiger charge is 2.70. The number of carbonyl (C=O) groups is 2. The van der Waals surface area contributed by atoms with Crippen molar-refractivity contribution in [3.63, 3.8) is 0 Å². The van der Waals surface area contributed by atoms with Gasteiger partial charge in [0.1, 0.15) is 17.1 Å². The van der Waals surface area contributed by atoms with Gasteiger partial charge in [-0.2, -0.15) is 0 Å². The molecule has 6 rings (SSSR count). The van der Waals surface area contributed by atoms with Crippen molar-refractivity contribution in [1.82, 2.24) is 0 Å². The Bertz CT molecular complexity index is 1030. The van der Waals surface area contributed by atoms with E-state index in [-0.39, 0.29) is 33.8 Å². The number of rotatable bonds is 1. The third kappa shape index (κ3) is 2.77. The zero-order valence-corrected chi connectivity index (χ0v) is 20.4. The second-order valence-corrected chi connectivity index (χ2v) is 12.3. The molecule has 4 unspecified atom stereocenters. The van der Waals surface area contributed by atoms with E-state index >= 15 is 0 Å². The Balaban J connectivity index is 1.39. The number of benzene rings is 1. The van der Waals surface area contributed by atoms with Crippen LogP contribution in [0.5, 0.6) is 11.5 Å². The van der Waals surface area contributed by atoms with E-state index in [0.717, 1.165) is 56.3 Å². The molecule has 7 atom stereocenters. The summed E-state index contributed by atoms with van der Waals surface area (Å²) in [7, 11) is 0. The Morgan fingerprint density at radius 2 is 1.82 bits per heavy atom. The van der Waals surface area contributed by atoms with Crippen LogP contribution in [0.4, 0.5) is 0 Å². The molecule has 1 aromatic carbocycles. The normalized spacial score (nSPS) is 45.3.